The maximum atomic E-state index is 12.3. The van der Waals surface area contributed by atoms with E-state index in [-0.39, 0.29) is 5.91 Å². The summed E-state index contributed by atoms with van der Waals surface area (Å²) in [7, 11) is 1.96. The maximum absolute atomic E-state index is 12.3. The fourth-order valence-electron chi connectivity index (χ4n) is 2.48. The zero-order valence-electron chi connectivity index (χ0n) is 14.3. The van der Waals surface area contributed by atoms with Crippen LogP contribution in [0.15, 0.2) is 54.2 Å². The molecule has 0 unspecified atom stereocenters. The number of aryl methyl sites for hydroxylation is 2. The molecule has 0 bridgehead atoms. The van der Waals surface area contributed by atoms with Crippen LogP contribution in [0.5, 0.6) is 0 Å². The van der Waals surface area contributed by atoms with E-state index in [9.17, 15) is 4.79 Å². The molecule has 0 aliphatic carbocycles. The standard InChI is InChI=1S/C18H21N5OS/c1-14-19-7-10-23(14)13-15-4-3-5-16(12-15)17(24)20-8-11-25-18-21-6-9-22(18)2/h3-7,9-10,12H,8,11,13H2,1-2H3,(H,20,24). The van der Waals surface area contributed by atoms with Gasteiger partial charge in [0.25, 0.3) is 5.91 Å². The molecule has 0 spiro atoms. The number of imidazole rings is 2. The predicted octanol–water partition coefficient (Wildman–Crippen LogP) is 2.50. The van der Waals surface area contributed by atoms with Crippen molar-refractivity contribution in [1.29, 1.82) is 0 Å². The van der Waals surface area contributed by atoms with Gasteiger partial charge in [0, 0.05) is 56.2 Å². The number of aromatic nitrogens is 4. The van der Waals surface area contributed by atoms with Crippen LogP contribution in [0.25, 0.3) is 0 Å². The van der Waals surface area contributed by atoms with E-state index < -0.39 is 0 Å². The highest BCUT2D eigenvalue weighted by molar-refractivity contribution is 7.99. The minimum atomic E-state index is -0.0513. The lowest BCUT2D eigenvalue weighted by atomic mass is 10.1. The van der Waals surface area contributed by atoms with Crippen LogP contribution in [0.3, 0.4) is 0 Å². The first kappa shape index (κ1) is 17.3. The summed E-state index contributed by atoms with van der Waals surface area (Å²) in [6, 6.07) is 7.71. The molecule has 6 nitrogen and oxygen atoms in total. The number of rotatable bonds is 7. The summed E-state index contributed by atoms with van der Waals surface area (Å²) >= 11 is 1.63. The van der Waals surface area contributed by atoms with Gasteiger partial charge in [-0.05, 0) is 24.6 Å². The van der Waals surface area contributed by atoms with Crippen LogP contribution < -0.4 is 5.32 Å². The van der Waals surface area contributed by atoms with Crippen molar-refractivity contribution < 1.29 is 4.79 Å². The number of benzene rings is 1. The molecular weight excluding hydrogens is 334 g/mol. The SMILES string of the molecule is Cc1nccn1Cc1cccc(C(=O)NCCSc2nccn2C)c1. The molecule has 0 aliphatic heterocycles. The van der Waals surface area contributed by atoms with Crippen molar-refractivity contribution in [1.82, 2.24) is 24.4 Å². The Labute approximate surface area is 151 Å². The van der Waals surface area contributed by atoms with Crippen molar-refractivity contribution in [3.05, 3.63) is 66.0 Å². The molecule has 0 aliphatic rings. The van der Waals surface area contributed by atoms with E-state index >= 15 is 0 Å². The molecule has 2 heterocycles. The van der Waals surface area contributed by atoms with Gasteiger partial charge in [0.15, 0.2) is 5.16 Å². The first-order valence-corrected chi connectivity index (χ1v) is 9.07. The molecule has 0 saturated carbocycles. The van der Waals surface area contributed by atoms with Gasteiger partial charge in [-0.3, -0.25) is 4.79 Å². The molecule has 1 aromatic carbocycles. The summed E-state index contributed by atoms with van der Waals surface area (Å²) in [5.41, 5.74) is 1.76. The van der Waals surface area contributed by atoms with Crippen LogP contribution in [0, 0.1) is 6.92 Å². The molecule has 7 heteroatoms. The Bertz CT molecular complexity index is 855. The van der Waals surface area contributed by atoms with Crippen LogP contribution in [0.2, 0.25) is 0 Å². The Morgan fingerprint density at radius 2 is 2.08 bits per heavy atom. The van der Waals surface area contributed by atoms with Gasteiger partial charge in [-0.1, -0.05) is 23.9 Å². The third-order valence-electron chi connectivity index (χ3n) is 3.86. The summed E-state index contributed by atoms with van der Waals surface area (Å²) in [5.74, 6) is 1.69. The smallest absolute Gasteiger partial charge is 0.251 e. The van der Waals surface area contributed by atoms with Gasteiger partial charge in [0.1, 0.15) is 5.82 Å². The van der Waals surface area contributed by atoms with Gasteiger partial charge in [0.05, 0.1) is 0 Å². The average molecular weight is 355 g/mol. The van der Waals surface area contributed by atoms with Crippen LogP contribution in [-0.2, 0) is 13.6 Å². The van der Waals surface area contributed by atoms with Crippen LogP contribution in [0.4, 0.5) is 0 Å². The number of carbonyl (C=O) groups is 1. The summed E-state index contributed by atoms with van der Waals surface area (Å²) in [6.07, 6.45) is 7.41. The lowest BCUT2D eigenvalue weighted by Gasteiger charge is -2.08. The van der Waals surface area contributed by atoms with Gasteiger partial charge < -0.3 is 14.5 Å². The zero-order chi connectivity index (χ0) is 17.6. The number of carbonyl (C=O) groups excluding carboxylic acids is 1. The van der Waals surface area contributed by atoms with Crippen molar-refractivity contribution in [2.24, 2.45) is 7.05 Å². The Morgan fingerprint density at radius 3 is 2.80 bits per heavy atom. The van der Waals surface area contributed by atoms with Gasteiger partial charge in [-0.15, -0.1) is 0 Å². The number of amides is 1. The second-order valence-corrected chi connectivity index (χ2v) is 6.79. The van der Waals surface area contributed by atoms with Crippen LogP contribution >= 0.6 is 11.8 Å². The third kappa shape index (κ3) is 4.51. The minimum absolute atomic E-state index is 0.0513. The Balaban J connectivity index is 1.52. The number of nitrogens with one attached hydrogen (secondary N) is 1. The molecule has 0 fully saturated rings. The lowest BCUT2D eigenvalue weighted by Crippen LogP contribution is -2.25. The molecule has 2 aromatic heterocycles. The van der Waals surface area contributed by atoms with Crippen LogP contribution in [0.1, 0.15) is 21.7 Å². The Kier molecular flexibility index (Phi) is 5.55. The summed E-state index contributed by atoms with van der Waals surface area (Å²) < 4.78 is 4.02. The van der Waals surface area contributed by atoms with Crippen molar-refractivity contribution in [3.8, 4) is 0 Å². The fourth-order valence-corrected chi connectivity index (χ4v) is 3.26. The number of hydrogen-bond donors (Lipinski definition) is 1. The van der Waals surface area contributed by atoms with E-state index in [1.54, 1.807) is 24.2 Å². The normalized spacial score (nSPS) is 10.8. The quantitative estimate of drug-likeness (QED) is 0.522. The molecule has 0 atom stereocenters. The Hall–Kier alpha value is -2.54. The number of nitrogens with zero attached hydrogens (tertiary/aromatic N) is 4. The van der Waals surface area contributed by atoms with E-state index in [1.165, 1.54) is 0 Å². The van der Waals surface area contributed by atoms with Crippen molar-refractivity contribution in [3.63, 3.8) is 0 Å². The van der Waals surface area contributed by atoms with E-state index in [0.29, 0.717) is 18.7 Å². The van der Waals surface area contributed by atoms with Gasteiger partial charge in [-0.25, -0.2) is 9.97 Å². The zero-order valence-corrected chi connectivity index (χ0v) is 15.2. The summed E-state index contributed by atoms with van der Waals surface area (Å²) in [4.78, 5) is 20.8. The lowest BCUT2D eigenvalue weighted by molar-refractivity contribution is 0.0956. The first-order chi connectivity index (χ1) is 12.1. The maximum Gasteiger partial charge on any atom is 0.251 e. The molecule has 130 valence electrons. The van der Waals surface area contributed by atoms with Gasteiger partial charge >= 0.3 is 0 Å². The third-order valence-corrected chi connectivity index (χ3v) is 4.92. The monoisotopic (exact) mass is 355 g/mol. The highest BCUT2D eigenvalue weighted by Crippen LogP contribution is 2.13. The van der Waals surface area contributed by atoms with E-state index in [0.717, 1.165) is 22.3 Å². The highest BCUT2D eigenvalue weighted by atomic mass is 32.2. The van der Waals surface area contributed by atoms with Gasteiger partial charge in [-0.2, -0.15) is 0 Å². The topological polar surface area (TPSA) is 64.7 Å². The molecule has 1 amide bonds. The Morgan fingerprint density at radius 1 is 1.24 bits per heavy atom. The highest BCUT2D eigenvalue weighted by Gasteiger charge is 2.07. The number of hydrogen-bond acceptors (Lipinski definition) is 4. The second kappa shape index (κ2) is 8.02. The molecule has 0 saturated heterocycles. The van der Waals surface area contributed by atoms with E-state index in [2.05, 4.69) is 19.9 Å². The molecule has 25 heavy (non-hydrogen) atoms. The largest absolute Gasteiger partial charge is 0.351 e. The van der Waals surface area contributed by atoms with Crippen molar-refractivity contribution in [2.75, 3.05) is 12.3 Å². The first-order valence-electron chi connectivity index (χ1n) is 8.08. The predicted molar refractivity (Wildman–Crippen MR) is 98.8 cm³/mol. The van der Waals surface area contributed by atoms with Crippen LogP contribution in [-0.4, -0.2) is 37.3 Å². The summed E-state index contributed by atoms with van der Waals surface area (Å²) in [6.45, 7) is 3.28. The van der Waals surface area contributed by atoms with E-state index in [4.69, 9.17) is 0 Å². The molecule has 1 N–H and O–H groups in total. The number of thioether (sulfide) groups is 1. The van der Waals surface area contributed by atoms with Crippen molar-refractivity contribution >= 4 is 17.7 Å². The van der Waals surface area contributed by atoms with Gasteiger partial charge in [0.2, 0.25) is 0 Å². The van der Waals surface area contributed by atoms with E-state index in [1.807, 2.05) is 55.2 Å². The van der Waals surface area contributed by atoms with Crippen molar-refractivity contribution in [2.45, 2.75) is 18.6 Å². The summed E-state index contributed by atoms with van der Waals surface area (Å²) in [5, 5.41) is 3.91. The molecular formula is C18H21N5OS. The average Bonchev–Trinajstić information content (AvgIpc) is 3.20. The molecule has 3 rings (SSSR count). The second-order valence-electron chi connectivity index (χ2n) is 5.73. The minimum Gasteiger partial charge on any atom is -0.351 e. The molecule has 0 radical (unpaired) electrons. The fraction of sp³-hybridized carbons (Fsp3) is 0.278. The molecule has 3 aromatic rings.